The van der Waals surface area contributed by atoms with Crippen LogP contribution in [0.5, 0.6) is 5.75 Å². The third-order valence-corrected chi connectivity index (χ3v) is 1.84. The number of methoxy groups -OCH3 is 1. The number of rotatable bonds is 4. The molecule has 12 heavy (non-hydrogen) atoms. The highest BCUT2D eigenvalue weighted by atomic mass is 16.5. The summed E-state index contributed by atoms with van der Waals surface area (Å²) in [5.74, 6) is 0.979. The first-order chi connectivity index (χ1) is 5.88. The zero-order valence-electron chi connectivity index (χ0n) is 7.63. The van der Waals surface area contributed by atoms with Crippen LogP contribution in [-0.2, 0) is 6.42 Å². The van der Waals surface area contributed by atoms with Crippen molar-refractivity contribution in [3.63, 3.8) is 0 Å². The fourth-order valence-electron chi connectivity index (χ4n) is 1.17. The quantitative estimate of drug-likeness (QED) is 0.729. The van der Waals surface area contributed by atoms with Crippen LogP contribution < -0.4 is 10.1 Å². The second-order valence-electron chi connectivity index (χ2n) is 2.67. The van der Waals surface area contributed by atoms with Crippen LogP contribution in [0.4, 0.5) is 0 Å². The summed E-state index contributed by atoms with van der Waals surface area (Å²) in [7, 11) is 3.66. The number of para-hydroxylation sites is 1. The summed E-state index contributed by atoms with van der Waals surface area (Å²) in [6, 6.07) is 8.11. The van der Waals surface area contributed by atoms with Gasteiger partial charge >= 0.3 is 0 Å². The van der Waals surface area contributed by atoms with Gasteiger partial charge in [0.05, 0.1) is 7.11 Å². The molecule has 0 amide bonds. The standard InChI is InChI=1S/C10H15NO/c1-11-8-7-9-5-3-4-6-10(9)12-2/h3-6,11H,7-8H2,1-2H3. The van der Waals surface area contributed by atoms with E-state index >= 15 is 0 Å². The monoisotopic (exact) mass is 165 g/mol. The van der Waals surface area contributed by atoms with Gasteiger partial charge in [-0.2, -0.15) is 0 Å². The van der Waals surface area contributed by atoms with E-state index < -0.39 is 0 Å². The van der Waals surface area contributed by atoms with Gasteiger partial charge in [0.25, 0.3) is 0 Å². The molecule has 0 saturated heterocycles. The van der Waals surface area contributed by atoms with E-state index in [4.69, 9.17) is 4.74 Å². The van der Waals surface area contributed by atoms with Crippen LogP contribution in [0.25, 0.3) is 0 Å². The second-order valence-corrected chi connectivity index (χ2v) is 2.67. The predicted molar refractivity (Wildman–Crippen MR) is 50.6 cm³/mol. The Morgan fingerprint density at radius 2 is 2.08 bits per heavy atom. The number of ether oxygens (including phenoxy) is 1. The first-order valence-corrected chi connectivity index (χ1v) is 4.15. The van der Waals surface area contributed by atoms with E-state index in [9.17, 15) is 0 Å². The van der Waals surface area contributed by atoms with Crippen molar-refractivity contribution in [1.29, 1.82) is 0 Å². The van der Waals surface area contributed by atoms with Crippen LogP contribution >= 0.6 is 0 Å². The Labute approximate surface area is 73.6 Å². The zero-order chi connectivity index (χ0) is 8.81. The largest absolute Gasteiger partial charge is 0.496 e. The lowest BCUT2D eigenvalue weighted by Crippen LogP contribution is -2.10. The Morgan fingerprint density at radius 1 is 1.33 bits per heavy atom. The Morgan fingerprint density at radius 3 is 2.75 bits per heavy atom. The lowest BCUT2D eigenvalue weighted by atomic mass is 10.1. The summed E-state index contributed by atoms with van der Waals surface area (Å²) < 4.78 is 5.21. The molecule has 0 fully saturated rings. The van der Waals surface area contributed by atoms with Gasteiger partial charge in [0.2, 0.25) is 0 Å². The molecule has 0 aliphatic heterocycles. The van der Waals surface area contributed by atoms with Gasteiger partial charge in [-0.25, -0.2) is 0 Å². The van der Waals surface area contributed by atoms with Gasteiger partial charge in [-0.1, -0.05) is 18.2 Å². The fourth-order valence-corrected chi connectivity index (χ4v) is 1.17. The van der Waals surface area contributed by atoms with E-state index in [0.29, 0.717) is 0 Å². The highest BCUT2D eigenvalue weighted by molar-refractivity contribution is 5.33. The minimum absolute atomic E-state index is 0.979. The van der Waals surface area contributed by atoms with Crippen molar-refractivity contribution in [3.8, 4) is 5.75 Å². The zero-order valence-corrected chi connectivity index (χ0v) is 7.63. The lowest BCUT2D eigenvalue weighted by Gasteiger charge is -2.06. The third-order valence-electron chi connectivity index (χ3n) is 1.84. The molecule has 66 valence electrons. The molecule has 0 bridgehead atoms. The smallest absolute Gasteiger partial charge is 0.122 e. The molecule has 0 aliphatic rings. The van der Waals surface area contributed by atoms with E-state index in [1.807, 2.05) is 25.2 Å². The number of nitrogens with one attached hydrogen (secondary N) is 1. The SMILES string of the molecule is CNCCc1ccccc1OC. The maximum absolute atomic E-state index is 5.21. The molecule has 1 rings (SSSR count). The molecule has 2 nitrogen and oxygen atoms in total. The molecular formula is C10H15NO. The molecule has 2 heteroatoms. The van der Waals surface area contributed by atoms with Crippen molar-refractivity contribution in [1.82, 2.24) is 5.32 Å². The van der Waals surface area contributed by atoms with Crippen LogP contribution in [0.1, 0.15) is 5.56 Å². The number of benzene rings is 1. The fraction of sp³-hybridized carbons (Fsp3) is 0.400. The summed E-state index contributed by atoms with van der Waals surface area (Å²) >= 11 is 0. The summed E-state index contributed by atoms with van der Waals surface area (Å²) in [5, 5.41) is 3.11. The van der Waals surface area contributed by atoms with Gasteiger partial charge in [-0.3, -0.25) is 0 Å². The molecule has 1 aromatic rings. The maximum Gasteiger partial charge on any atom is 0.122 e. The molecule has 0 atom stereocenters. The van der Waals surface area contributed by atoms with Crippen LogP contribution in [0.15, 0.2) is 24.3 Å². The average Bonchev–Trinajstić information content (AvgIpc) is 2.15. The van der Waals surface area contributed by atoms with E-state index in [-0.39, 0.29) is 0 Å². The summed E-state index contributed by atoms with van der Waals surface area (Å²) in [6.45, 7) is 0.986. The third kappa shape index (κ3) is 2.24. The minimum Gasteiger partial charge on any atom is -0.496 e. The first-order valence-electron chi connectivity index (χ1n) is 4.15. The molecule has 0 aromatic heterocycles. The molecular weight excluding hydrogens is 150 g/mol. The van der Waals surface area contributed by atoms with Gasteiger partial charge in [0, 0.05) is 0 Å². The van der Waals surface area contributed by atoms with Crippen molar-refractivity contribution in [2.24, 2.45) is 0 Å². The van der Waals surface area contributed by atoms with E-state index in [2.05, 4.69) is 11.4 Å². The molecule has 1 aromatic carbocycles. The Balaban J connectivity index is 2.68. The molecule has 0 aliphatic carbocycles. The Hall–Kier alpha value is -1.02. The predicted octanol–water partition coefficient (Wildman–Crippen LogP) is 1.46. The first kappa shape index (κ1) is 9.07. The van der Waals surface area contributed by atoms with Crippen LogP contribution in [0.3, 0.4) is 0 Å². The Bertz CT molecular complexity index is 235. The van der Waals surface area contributed by atoms with E-state index in [1.165, 1.54) is 5.56 Å². The van der Waals surface area contributed by atoms with Gasteiger partial charge in [-0.15, -0.1) is 0 Å². The van der Waals surface area contributed by atoms with Gasteiger partial charge in [-0.05, 0) is 31.6 Å². The second kappa shape index (κ2) is 4.78. The van der Waals surface area contributed by atoms with Crippen LogP contribution in [0.2, 0.25) is 0 Å². The van der Waals surface area contributed by atoms with Crippen molar-refractivity contribution in [2.45, 2.75) is 6.42 Å². The molecule has 0 radical (unpaired) electrons. The lowest BCUT2D eigenvalue weighted by molar-refractivity contribution is 0.409. The topological polar surface area (TPSA) is 21.3 Å². The molecule has 0 spiro atoms. The summed E-state index contributed by atoms with van der Waals surface area (Å²) in [4.78, 5) is 0. The Kier molecular flexibility index (Phi) is 3.61. The van der Waals surface area contributed by atoms with Crippen molar-refractivity contribution in [2.75, 3.05) is 20.7 Å². The van der Waals surface area contributed by atoms with Crippen LogP contribution in [-0.4, -0.2) is 20.7 Å². The van der Waals surface area contributed by atoms with Gasteiger partial charge < -0.3 is 10.1 Å². The van der Waals surface area contributed by atoms with E-state index in [0.717, 1.165) is 18.7 Å². The molecule has 0 saturated carbocycles. The highest BCUT2D eigenvalue weighted by Crippen LogP contribution is 2.16. The van der Waals surface area contributed by atoms with Crippen molar-refractivity contribution >= 4 is 0 Å². The molecule has 1 N–H and O–H groups in total. The number of likely N-dealkylation sites (N-methyl/N-ethyl adjacent to an activating group) is 1. The highest BCUT2D eigenvalue weighted by Gasteiger charge is 1.98. The normalized spacial score (nSPS) is 9.83. The molecule has 0 heterocycles. The van der Waals surface area contributed by atoms with Crippen molar-refractivity contribution in [3.05, 3.63) is 29.8 Å². The van der Waals surface area contributed by atoms with Gasteiger partial charge in [0.15, 0.2) is 0 Å². The number of hydrogen-bond acceptors (Lipinski definition) is 2. The number of hydrogen-bond donors (Lipinski definition) is 1. The summed E-state index contributed by atoms with van der Waals surface area (Å²) in [5.41, 5.74) is 1.26. The molecule has 0 unspecified atom stereocenters. The summed E-state index contributed by atoms with van der Waals surface area (Å²) in [6.07, 6.45) is 1.01. The van der Waals surface area contributed by atoms with Crippen LogP contribution in [0, 0.1) is 0 Å². The van der Waals surface area contributed by atoms with Gasteiger partial charge in [0.1, 0.15) is 5.75 Å². The minimum atomic E-state index is 0.979. The maximum atomic E-state index is 5.21. The van der Waals surface area contributed by atoms with E-state index in [1.54, 1.807) is 7.11 Å². The average molecular weight is 165 g/mol. The van der Waals surface area contributed by atoms with Crippen molar-refractivity contribution < 1.29 is 4.74 Å².